The zero-order valence-corrected chi connectivity index (χ0v) is 10.6. The maximum absolute atomic E-state index is 11.9. The molecular weight excluding hydrogens is 234 g/mol. The minimum Gasteiger partial charge on any atom is -0.381 e. The van der Waals surface area contributed by atoms with Crippen molar-refractivity contribution in [3.05, 3.63) is 29.8 Å². The second kappa shape index (κ2) is 6.07. The van der Waals surface area contributed by atoms with Crippen molar-refractivity contribution in [2.75, 3.05) is 19.8 Å². The number of carbonyl (C=O) groups excluding carboxylic acids is 1. The monoisotopic (exact) mass is 251 g/mol. The molecule has 0 atom stereocenters. The zero-order valence-electron chi connectivity index (χ0n) is 9.69. The van der Waals surface area contributed by atoms with E-state index in [1.165, 1.54) is 0 Å². The second-order valence-electron chi connectivity index (χ2n) is 4.32. The van der Waals surface area contributed by atoms with Gasteiger partial charge >= 0.3 is 0 Å². The van der Waals surface area contributed by atoms with Crippen molar-refractivity contribution < 1.29 is 9.53 Å². The summed E-state index contributed by atoms with van der Waals surface area (Å²) >= 11 is 4.22. The SMILES string of the molecule is O=C(NCC1CCOCC1)c1cccc(S)c1. The van der Waals surface area contributed by atoms with Crippen LogP contribution in [-0.2, 0) is 4.74 Å². The van der Waals surface area contributed by atoms with Crippen LogP contribution in [0.4, 0.5) is 0 Å². The van der Waals surface area contributed by atoms with Gasteiger partial charge < -0.3 is 10.1 Å². The number of thiol groups is 1. The highest BCUT2D eigenvalue weighted by molar-refractivity contribution is 7.80. The second-order valence-corrected chi connectivity index (χ2v) is 4.83. The molecule has 1 aromatic rings. The van der Waals surface area contributed by atoms with Gasteiger partial charge in [0.2, 0.25) is 0 Å². The van der Waals surface area contributed by atoms with E-state index in [2.05, 4.69) is 17.9 Å². The van der Waals surface area contributed by atoms with Gasteiger partial charge in [-0.3, -0.25) is 4.79 Å². The Morgan fingerprint density at radius 3 is 2.88 bits per heavy atom. The molecule has 1 amide bonds. The van der Waals surface area contributed by atoms with Crippen molar-refractivity contribution in [2.24, 2.45) is 5.92 Å². The van der Waals surface area contributed by atoms with Gasteiger partial charge in [-0.25, -0.2) is 0 Å². The van der Waals surface area contributed by atoms with Crippen molar-refractivity contribution in [1.29, 1.82) is 0 Å². The number of nitrogens with one attached hydrogen (secondary N) is 1. The van der Waals surface area contributed by atoms with Crippen molar-refractivity contribution in [3.8, 4) is 0 Å². The summed E-state index contributed by atoms with van der Waals surface area (Å²) in [6.07, 6.45) is 2.07. The standard InChI is InChI=1S/C13H17NO2S/c15-13(11-2-1-3-12(17)8-11)14-9-10-4-6-16-7-5-10/h1-3,8,10,17H,4-7,9H2,(H,14,15). The lowest BCUT2D eigenvalue weighted by Gasteiger charge is -2.22. The van der Waals surface area contributed by atoms with Gasteiger partial charge in [0.15, 0.2) is 0 Å². The molecule has 1 aromatic carbocycles. The molecule has 0 spiro atoms. The summed E-state index contributed by atoms with van der Waals surface area (Å²) in [5.41, 5.74) is 0.671. The molecule has 0 aliphatic carbocycles. The molecule has 0 bridgehead atoms. The molecule has 1 saturated heterocycles. The van der Waals surface area contributed by atoms with Gasteiger partial charge in [0.25, 0.3) is 5.91 Å². The number of amides is 1. The van der Waals surface area contributed by atoms with Crippen molar-refractivity contribution in [2.45, 2.75) is 17.7 Å². The molecule has 4 heteroatoms. The molecule has 0 saturated carbocycles. The van der Waals surface area contributed by atoms with Crippen LogP contribution in [0.2, 0.25) is 0 Å². The third-order valence-corrected chi connectivity index (χ3v) is 3.28. The molecule has 3 nitrogen and oxygen atoms in total. The summed E-state index contributed by atoms with van der Waals surface area (Å²) in [5.74, 6) is 0.527. The maximum atomic E-state index is 11.9. The minimum atomic E-state index is -0.0209. The lowest BCUT2D eigenvalue weighted by molar-refractivity contribution is 0.0642. The molecule has 92 valence electrons. The predicted octanol–water partition coefficient (Wildman–Crippen LogP) is 2.13. The number of carbonyl (C=O) groups is 1. The van der Waals surface area contributed by atoms with E-state index in [0.29, 0.717) is 11.5 Å². The molecule has 1 N–H and O–H groups in total. The first-order valence-electron chi connectivity index (χ1n) is 5.90. The highest BCUT2D eigenvalue weighted by Crippen LogP contribution is 2.14. The Morgan fingerprint density at radius 1 is 1.41 bits per heavy atom. The Kier molecular flexibility index (Phi) is 4.45. The fourth-order valence-corrected chi connectivity index (χ4v) is 2.16. The summed E-state index contributed by atoms with van der Waals surface area (Å²) in [6, 6.07) is 7.28. The molecule has 0 radical (unpaired) electrons. The van der Waals surface area contributed by atoms with Gasteiger partial charge in [0.05, 0.1) is 0 Å². The van der Waals surface area contributed by atoms with Crippen molar-refractivity contribution >= 4 is 18.5 Å². The molecule has 1 aliphatic heterocycles. The molecule has 2 rings (SSSR count). The first-order valence-corrected chi connectivity index (χ1v) is 6.35. The van der Waals surface area contributed by atoms with E-state index >= 15 is 0 Å². The lowest BCUT2D eigenvalue weighted by atomic mass is 10.0. The van der Waals surface area contributed by atoms with Crippen LogP contribution in [0.25, 0.3) is 0 Å². The van der Waals surface area contributed by atoms with E-state index in [9.17, 15) is 4.79 Å². The Hall–Kier alpha value is -1.00. The van der Waals surface area contributed by atoms with Crippen LogP contribution < -0.4 is 5.32 Å². The highest BCUT2D eigenvalue weighted by Gasteiger charge is 2.15. The average molecular weight is 251 g/mol. The Balaban J connectivity index is 1.84. The van der Waals surface area contributed by atoms with Crippen molar-refractivity contribution in [1.82, 2.24) is 5.32 Å². The van der Waals surface area contributed by atoms with Gasteiger partial charge in [-0.15, -0.1) is 12.6 Å². The van der Waals surface area contributed by atoms with Gasteiger partial charge in [-0.2, -0.15) is 0 Å². The quantitative estimate of drug-likeness (QED) is 0.808. The topological polar surface area (TPSA) is 38.3 Å². The van der Waals surface area contributed by atoms with Gasteiger partial charge in [-0.1, -0.05) is 6.07 Å². The number of rotatable bonds is 3. The Labute approximate surface area is 107 Å². The normalized spacial score (nSPS) is 16.8. The van der Waals surface area contributed by atoms with E-state index in [1.54, 1.807) is 12.1 Å². The third kappa shape index (κ3) is 3.75. The summed E-state index contributed by atoms with van der Waals surface area (Å²) in [5, 5.41) is 2.97. The fourth-order valence-electron chi connectivity index (χ4n) is 1.94. The molecule has 0 aromatic heterocycles. The Bertz CT molecular complexity index is 389. The fraction of sp³-hybridized carbons (Fsp3) is 0.462. The Morgan fingerprint density at radius 2 is 2.18 bits per heavy atom. The van der Waals surface area contributed by atoms with E-state index in [4.69, 9.17) is 4.74 Å². The number of hydrogen-bond acceptors (Lipinski definition) is 3. The van der Waals surface area contributed by atoms with Gasteiger partial charge in [0.1, 0.15) is 0 Å². The maximum Gasteiger partial charge on any atom is 0.251 e. The van der Waals surface area contributed by atoms with Crippen LogP contribution in [-0.4, -0.2) is 25.7 Å². The molecule has 1 heterocycles. The van der Waals surface area contributed by atoms with Crippen LogP contribution in [0.1, 0.15) is 23.2 Å². The summed E-state index contributed by atoms with van der Waals surface area (Å²) in [6.45, 7) is 2.36. The number of hydrogen-bond donors (Lipinski definition) is 2. The van der Waals surface area contributed by atoms with E-state index in [1.807, 2.05) is 12.1 Å². The van der Waals surface area contributed by atoms with Gasteiger partial charge in [0, 0.05) is 30.2 Å². The molecular formula is C13H17NO2S. The number of ether oxygens (including phenoxy) is 1. The van der Waals surface area contributed by atoms with Crippen LogP contribution in [0.3, 0.4) is 0 Å². The zero-order chi connectivity index (χ0) is 12.1. The van der Waals surface area contributed by atoms with E-state index in [-0.39, 0.29) is 5.91 Å². The summed E-state index contributed by atoms with van der Waals surface area (Å²) in [4.78, 5) is 12.7. The first-order chi connectivity index (χ1) is 8.25. The highest BCUT2D eigenvalue weighted by atomic mass is 32.1. The van der Waals surface area contributed by atoms with E-state index < -0.39 is 0 Å². The van der Waals surface area contributed by atoms with Crippen LogP contribution in [0, 0.1) is 5.92 Å². The average Bonchev–Trinajstić information content (AvgIpc) is 2.37. The third-order valence-electron chi connectivity index (χ3n) is 3.00. The molecule has 1 fully saturated rings. The van der Waals surface area contributed by atoms with Crippen LogP contribution in [0.15, 0.2) is 29.2 Å². The predicted molar refractivity (Wildman–Crippen MR) is 69.6 cm³/mol. The smallest absolute Gasteiger partial charge is 0.251 e. The summed E-state index contributed by atoms with van der Waals surface area (Å²) < 4.78 is 5.28. The van der Waals surface area contributed by atoms with Crippen LogP contribution >= 0.6 is 12.6 Å². The molecule has 17 heavy (non-hydrogen) atoms. The van der Waals surface area contributed by atoms with Gasteiger partial charge in [-0.05, 0) is 37.0 Å². The first kappa shape index (κ1) is 12.5. The van der Waals surface area contributed by atoms with Crippen molar-refractivity contribution in [3.63, 3.8) is 0 Å². The lowest BCUT2D eigenvalue weighted by Crippen LogP contribution is -2.32. The largest absolute Gasteiger partial charge is 0.381 e. The molecule has 0 unspecified atom stereocenters. The van der Waals surface area contributed by atoms with Crippen LogP contribution in [0.5, 0.6) is 0 Å². The summed E-state index contributed by atoms with van der Waals surface area (Å²) in [7, 11) is 0. The minimum absolute atomic E-state index is 0.0209. The number of benzene rings is 1. The van der Waals surface area contributed by atoms with E-state index in [0.717, 1.165) is 37.5 Å². The molecule has 1 aliphatic rings.